The Bertz CT molecular complexity index is 1290. The number of benzene rings is 1. The Kier molecular flexibility index (Phi) is 6.53. The number of aryl methyl sites for hydroxylation is 2. The van der Waals surface area contributed by atoms with Gasteiger partial charge in [-0.2, -0.15) is 15.1 Å². The van der Waals surface area contributed by atoms with Crippen molar-refractivity contribution in [3.8, 4) is 5.69 Å². The molecule has 1 fully saturated rings. The normalized spacial score (nSPS) is 19.9. The molecular formula is C28H33N5OS. The predicted molar refractivity (Wildman–Crippen MR) is 146 cm³/mol. The van der Waals surface area contributed by atoms with Gasteiger partial charge in [-0.1, -0.05) is 44.2 Å². The number of carbonyl (C=O) groups excluding carboxylic acids is 1. The van der Waals surface area contributed by atoms with Gasteiger partial charge in [0, 0.05) is 17.1 Å². The molecule has 0 radical (unpaired) electrons. The molecule has 182 valence electrons. The largest absolute Gasteiger partial charge is 0.318 e. The quantitative estimate of drug-likeness (QED) is 0.477. The van der Waals surface area contributed by atoms with Crippen molar-refractivity contribution in [2.24, 2.45) is 16.0 Å². The highest BCUT2D eigenvalue weighted by atomic mass is 32.2. The standard InChI is InChI=1S/C28H33N5OS/c1-17-9-8-12-24(19(17)3)32-18(2)15-22(20(32)4)16-23-26(29)33-28(30-27(23)34)35-25(31-33)14-13-21-10-6-5-7-11-21/h8-9,12,15-16,21,29H,5-7,10-11,13-14H2,1-4H3. The smallest absolute Gasteiger partial charge is 0.283 e. The van der Waals surface area contributed by atoms with Crippen LogP contribution in [-0.4, -0.2) is 31.5 Å². The Morgan fingerprint density at radius 1 is 1.14 bits per heavy atom. The van der Waals surface area contributed by atoms with E-state index in [4.69, 9.17) is 5.41 Å². The van der Waals surface area contributed by atoms with Crippen LogP contribution in [0.15, 0.2) is 39.9 Å². The summed E-state index contributed by atoms with van der Waals surface area (Å²) in [5, 5.41) is 16.4. The van der Waals surface area contributed by atoms with Crippen molar-refractivity contribution in [3.63, 3.8) is 0 Å². The number of rotatable bonds is 5. The second-order valence-corrected chi connectivity index (χ2v) is 11.0. The molecule has 0 saturated heterocycles. The Labute approximate surface area is 211 Å². The molecule has 1 amide bonds. The fourth-order valence-electron chi connectivity index (χ4n) is 5.37. The number of nitrogens with zero attached hydrogens (tertiary/aromatic N) is 4. The fraction of sp³-hybridized carbons (Fsp3) is 0.429. The minimum atomic E-state index is -0.367. The number of aliphatic imine (C=N–C) groups is 1. The van der Waals surface area contributed by atoms with Gasteiger partial charge < -0.3 is 4.57 Å². The lowest BCUT2D eigenvalue weighted by Gasteiger charge is -2.20. The number of hydrazone groups is 1. The monoisotopic (exact) mass is 487 g/mol. The first kappa shape index (κ1) is 23.8. The van der Waals surface area contributed by atoms with Gasteiger partial charge in [-0.3, -0.25) is 10.2 Å². The van der Waals surface area contributed by atoms with Crippen LogP contribution in [0.3, 0.4) is 0 Å². The van der Waals surface area contributed by atoms with Crippen molar-refractivity contribution in [2.45, 2.75) is 72.6 Å². The van der Waals surface area contributed by atoms with Crippen molar-refractivity contribution in [2.75, 3.05) is 0 Å². The van der Waals surface area contributed by atoms with Crippen LogP contribution in [-0.2, 0) is 4.79 Å². The molecule has 5 rings (SSSR count). The van der Waals surface area contributed by atoms with Crippen LogP contribution in [0.2, 0.25) is 0 Å². The maximum atomic E-state index is 12.9. The summed E-state index contributed by atoms with van der Waals surface area (Å²) in [5.41, 5.74) is 6.93. The molecule has 0 bridgehead atoms. The molecule has 6 nitrogen and oxygen atoms in total. The lowest BCUT2D eigenvalue weighted by atomic mass is 9.86. The van der Waals surface area contributed by atoms with E-state index in [0.29, 0.717) is 5.17 Å². The van der Waals surface area contributed by atoms with E-state index >= 15 is 0 Å². The molecule has 1 saturated carbocycles. The van der Waals surface area contributed by atoms with Crippen LogP contribution in [0.4, 0.5) is 0 Å². The average molecular weight is 488 g/mol. The number of hydrogen-bond acceptors (Lipinski definition) is 4. The first-order valence-corrected chi connectivity index (χ1v) is 13.4. The molecule has 1 aliphatic carbocycles. The maximum absolute atomic E-state index is 12.9. The van der Waals surface area contributed by atoms with E-state index in [0.717, 1.165) is 46.4 Å². The highest BCUT2D eigenvalue weighted by Crippen LogP contribution is 2.34. The number of amidine groups is 2. The highest BCUT2D eigenvalue weighted by Gasteiger charge is 2.36. The summed E-state index contributed by atoms with van der Waals surface area (Å²) < 4.78 is 2.22. The van der Waals surface area contributed by atoms with E-state index in [-0.39, 0.29) is 17.3 Å². The molecule has 2 aromatic rings. The Morgan fingerprint density at radius 2 is 1.91 bits per heavy atom. The first-order valence-electron chi connectivity index (χ1n) is 12.6. The molecule has 1 N–H and O–H groups in total. The number of fused-ring (bicyclic) bond motifs is 1. The molecule has 2 aliphatic heterocycles. The molecule has 7 heteroatoms. The van der Waals surface area contributed by atoms with Crippen LogP contribution in [0.25, 0.3) is 11.8 Å². The van der Waals surface area contributed by atoms with Gasteiger partial charge in [0.15, 0.2) is 5.84 Å². The van der Waals surface area contributed by atoms with E-state index in [1.807, 2.05) is 0 Å². The number of nitrogens with one attached hydrogen (secondary N) is 1. The second kappa shape index (κ2) is 9.61. The van der Waals surface area contributed by atoms with Gasteiger partial charge in [-0.25, -0.2) is 0 Å². The summed E-state index contributed by atoms with van der Waals surface area (Å²) in [5.74, 6) is 0.515. The van der Waals surface area contributed by atoms with E-state index < -0.39 is 0 Å². The summed E-state index contributed by atoms with van der Waals surface area (Å²) in [7, 11) is 0. The molecule has 1 aromatic carbocycles. The van der Waals surface area contributed by atoms with E-state index in [1.54, 1.807) is 6.08 Å². The van der Waals surface area contributed by atoms with Crippen LogP contribution in [0, 0.1) is 39.0 Å². The van der Waals surface area contributed by atoms with Crippen molar-refractivity contribution in [1.29, 1.82) is 5.41 Å². The lowest BCUT2D eigenvalue weighted by molar-refractivity contribution is -0.114. The average Bonchev–Trinajstić information content (AvgIpc) is 3.38. The molecule has 0 atom stereocenters. The van der Waals surface area contributed by atoms with Gasteiger partial charge >= 0.3 is 0 Å². The van der Waals surface area contributed by atoms with E-state index in [1.165, 1.54) is 60.0 Å². The highest BCUT2D eigenvalue weighted by molar-refractivity contribution is 8.26. The second-order valence-electron chi connectivity index (χ2n) is 9.94. The molecule has 0 spiro atoms. The summed E-state index contributed by atoms with van der Waals surface area (Å²) in [6.07, 6.45) is 10.5. The summed E-state index contributed by atoms with van der Waals surface area (Å²) in [6.45, 7) is 8.37. The van der Waals surface area contributed by atoms with Crippen molar-refractivity contribution in [3.05, 3.63) is 57.9 Å². The number of amides is 1. The topological polar surface area (TPSA) is 73.8 Å². The molecule has 35 heavy (non-hydrogen) atoms. The van der Waals surface area contributed by atoms with Gasteiger partial charge in [0.05, 0.1) is 5.57 Å². The molecular weight excluding hydrogens is 454 g/mol. The number of hydrogen-bond donors (Lipinski definition) is 1. The van der Waals surface area contributed by atoms with Gasteiger partial charge in [0.2, 0.25) is 5.17 Å². The first-order chi connectivity index (χ1) is 16.8. The van der Waals surface area contributed by atoms with Crippen LogP contribution >= 0.6 is 11.8 Å². The maximum Gasteiger partial charge on any atom is 0.283 e. The number of aromatic nitrogens is 1. The van der Waals surface area contributed by atoms with Crippen molar-refractivity contribution >= 4 is 39.8 Å². The Morgan fingerprint density at radius 3 is 2.69 bits per heavy atom. The van der Waals surface area contributed by atoms with E-state index in [2.05, 4.69) is 66.6 Å². The Hall–Kier alpha value is -2.93. The zero-order chi connectivity index (χ0) is 24.7. The van der Waals surface area contributed by atoms with Crippen molar-refractivity contribution in [1.82, 2.24) is 9.58 Å². The molecule has 3 heterocycles. The van der Waals surface area contributed by atoms with Crippen molar-refractivity contribution < 1.29 is 4.79 Å². The zero-order valence-corrected chi connectivity index (χ0v) is 21.8. The van der Waals surface area contributed by atoms with Gasteiger partial charge in [0.25, 0.3) is 5.91 Å². The molecule has 3 aliphatic rings. The minimum absolute atomic E-state index is 0.108. The fourth-order valence-corrected chi connectivity index (χ4v) is 6.27. The van der Waals surface area contributed by atoms with Gasteiger partial charge in [-0.05, 0) is 93.1 Å². The summed E-state index contributed by atoms with van der Waals surface area (Å²) in [4.78, 5) is 17.2. The molecule has 0 unspecified atom stereocenters. The Balaban J connectivity index is 1.40. The van der Waals surface area contributed by atoms with E-state index in [9.17, 15) is 4.79 Å². The van der Waals surface area contributed by atoms with Gasteiger partial charge in [-0.15, -0.1) is 0 Å². The third-order valence-electron chi connectivity index (χ3n) is 7.57. The number of thioether (sulfide) groups is 1. The number of carbonyl (C=O) groups is 1. The minimum Gasteiger partial charge on any atom is -0.318 e. The third-order valence-corrected chi connectivity index (χ3v) is 8.54. The van der Waals surface area contributed by atoms with Crippen LogP contribution in [0.1, 0.15) is 73.0 Å². The summed E-state index contributed by atoms with van der Waals surface area (Å²) >= 11 is 1.44. The third kappa shape index (κ3) is 4.54. The zero-order valence-electron chi connectivity index (χ0n) is 21.0. The predicted octanol–water partition coefficient (Wildman–Crippen LogP) is 6.69. The SMILES string of the molecule is Cc1cccc(-n2c(C)cc(C=C3C(=N)N4N=C(CCC5CCCCC5)SC4=NC3=O)c2C)c1C. The molecule has 1 aromatic heterocycles. The summed E-state index contributed by atoms with van der Waals surface area (Å²) in [6, 6.07) is 8.38. The van der Waals surface area contributed by atoms with Crippen LogP contribution in [0.5, 0.6) is 0 Å². The van der Waals surface area contributed by atoms with Crippen LogP contribution < -0.4 is 0 Å². The lowest BCUT2D eigenvalue weighted by Crippen LogP contribution is -2.35. The van der Waals surface area contributed by atoms with Gasteiger partial charge in [0.1, 0.15) is 5.04 Å².